The summed E-state index contributed by atoms with van der Waals surface area (Å²) >= 11 is 3.00. The molecule has 1 saturated heterocycles. The van der Waals surface area contributed by atoms with Gasteiger partial charge in [-0.25, -0.2) is 4.98 Å². The molecule has 2 aliphatic heterocycles. The molecular formula is C26H28N4O2S2. The van der Waals surface area contributed by atoms with Crippen molar-refractivity contribution in [3.8, 4) is 0 Å². The second-order valence-electron chi connectivity index (χ2n) is 8.67. The van der Waals surface area contributed by atoms with Gasteiger partial charge in [0, 0.05) is 43.5 Å². The Morgan fingerprint density at radius 3 is 2.41 bits per heavy atom. The Morgan fingerprint density at radius 1 is 1.03 bits per heavy atom. The average Bonchev–Trinajstić information content (AvgIpc) is 3.26. The molecule has 1 amide bonds. The Morgan fingerprint density at radius 2 is 1.71 bits per heavy atom. The summed E-state index contributed by atoms with van der Waals surface area (Å²) in [7, 11) is 0. The van der Waals surface area contributed by atoms with Crippen molar-refractivity contribution in [3.63, 3.8) is 0 Å². The highest BCUT2D eigenvalue weighted by Gasteiger charge is 2.27. The maximum absolute atomic E-state index is 13.3. The first-order valence-corrected chi connectivity index (χ1v) is 13.5. The van der Waals surface area contributed by atoms with Crippen molar-refractivity contribution in [2.24, 2.45) is 0 Å². The lowest BCUT2D eigenvalue weighted by atomic mass is 10.2. The molecule has 0 unspecified atom stereocenters. The highest BCUT2D eigenvalue weighted by molar-refractivity contribution is 8.00. The third-order valence-electron chi connectivity index (χ3n) is 6.22. The summed E-state index contributed by atoms with van der Waals surface area (Å²) in [6.07, 6.45) is 0.796. The molecule has 1 atom stereocenters. The van der Waals surface area contributed by atoms with Crippen LogP contribution in [0.2, 0.25) is 0 Å². The number of piperazine rings is 1. The van der Waals surface area contributed by atoms with E-state index >= 15 is 0 Å². The van der Waals surface area contributed by atoms with E-state index in [0.29, 0.717) is 30.0 Å². The highest BCUT2D eigenvalue weighted by atomic mass is 32.2. The van der Waals surface area contributed by atoms with E-state index in [4.69, 9.17) is 4.98 Å². The van der Waals surface area contributed by atoms with Gasteiger partial charge in [0.15, 0.2) is 5.16 Å². The number of thioether (sulfide) groups is 2. The molecule has 3 heterocycles. The quantitative estimate of drug-likeness (QED) is 0.386. The Labute approximate surface area is 208 Å². The van der Waals surface area contributed by atoms with Crippen LogP contribution >= 0.6 is 23.5 Å². The number of hydrogen-bond acceptors (Lipinski definition) is 6. The smallest absolute Gasteiger partial charge is 0.268 e. The first-order valence-electron chi connectivity index (χ1n) is 11.6. The van der Waals surface area contributed by atoms with Gasteiger partial charge in [-0.3, -0.25) is 14.2 Å². The summed E-state index contributed by atoms with van der Waals surface area (Å²) in [5.74, 6) is 0.384. The number of aromatic nitrogens is 2. The number of fused-ring (bicyclic) bond motifs is 1. The van der Waals surface area contributed by atoms with Crippen LogP contribution in [0.3, 0.4) is 0 Å². The van der Waals surface area contributed by atoms with E-state index in [1.54, 1.807) is 16.3 Å². The molecule has 0 N–H and O–H groups in total. The number of para-hydroxylation sites is 1. The van der Waals surface area contributed by atoms with Crippen molar-refractivity contribution in [1.29, 1.82) is 0 Å². The van der Waals surface area contributed by atoms with Crippen molar-refractivity contribution in [2.45, 2.75) is 35.2 Å². The number of carbonyl (C=O) groups is 1. The van der Waals surface area contributed by atoms with Crippen LogP contribution in [0.25, 0.3) is 0 Å². The van der Waals surface area contributed by atoms with E-state index in [9.17, 15) is 9.59 Å². The summed E-state index contributed by atoms with van der Waals surface area (Å²) in [4.78, 5) is 36.2. The van der Waals surface area contributed by atoms with Crippen molar-refractivity contribution >= 4 is 35.1 Å². The topological polar surface area (TPSA) is 58.4 Å². The van der Waals surface area contributed by atoms with Crippen molar-refractivity contribution in [1.82, 2.24) is 14.5 Å². The Hall–Kier alpha value is -2.71. The normalized spacial score (nSPS) is 17.6. The maximum Gasteiger partial charge on any atom is 0.268 e. The van der Waals surface area contributed by atoms with Crippen molar-refractivity contribution in [2.75, 3.05) is 36.8 Å². The average molecular weight is 493 g/mol. The summed E-state index contributed by atoms with van der Waals surface area (Å²) in [6.45, 7) is 5.64. The minimum absolute atomic E-state index is 0.00891. The Balaban J connectivity index is 1.28. The van der Waals surface area contributed by atoms with Gasteiger partial charge in [-0.05, 0) is 17.7 Å². The van der Waals surface area contributed by atoms with Crippen LogP contribution in [-0.4, -0.2) is 57.5 Å². The van der Waals surface area contributed by atoms with Gasteiger partial charge in [-0.2, -0.15) is 0 Å². The first-order chi connectivity index (χ1) is 16.6. The number of rotatable bonds is 6. The molecule has 2 aliphatic rings. The molecule has 0 radical (unpaired) electrons. The van der Waals surface area contributed by atoms with E-state index in [-0.39, 0.29) is 17.2 Å². The SMILES string of the molecule is C[C@H]1Cc2nc(SCC(=O)N3CCN(c4ccccc4)CC3)n(Cc3ccccc3)c(=O)c2S1. The molecule has 1 fully saturated rings. The summed E-state index contributed by atoms with van der Waals surface area (Å²) in [5.41, 5.74) is 3.13. The van der Waals surface area contributed by atoms with E-state index in [0.717, 1.165) is 35.7 Å². The molecule has 1 aromatic heterocycles. The molecule has 34 heavy (non-hydrogen) atoms. The number of carbonyl (C=O) groups excluding carboxylic acids is 1. The predicted molar refractivity (Wildman–Crippen MR) is 139 cm³/mol. The fourth-order valence-corrected chi connectivity index (χ4v) is 6.45. The van der Waals surface area contributed by atoms with Gasteiger partial charge in [-0.15, -0.1) is 11.8 Å². The van der Waals surface area contributed by atoms with Gasteiger partial charge in [0.25, 0.3) is 5.56 Å². The summed E-state index contributed by atoms with van der Waals surface area (Å²) in [6, 6.07) is 20.3. The van der Waals surface area contributed by atoms with Gasteiger partial charge in [0.1, 0.15) is 0 Å². The number of anilines is 1. The van der Waals surface area contributed by atoms with Gasteiger partial charge in [-0.1, -0.05) is 67.2 Å². The molecule has 8 heteroatoms. The largest absolute Gasteiger partial charge is 0.368 e. The second kappa shape index (κ2) is 10.3. The van der Waals surface area contributed by atoms with Gasteiger partial charge in [0.2, 0.25) is 5.91 Å². The van der Waals surface area contributed by atoms with Crippen molar-refractivity contribution in [3.05, 3.63) is 82.3 Å². The van der Waals surface area contributed by atoms with Crippen LogP contribution in [0, 0.1) is 0 Å². The van der Waals surface area contributed by atoms with Gasteiger partial charge < -0.3 is 9.80 Å². The number of hydrogen-bond donors (Lipinski definition) is 0. The lowest BCUT2D eigenvalue weighted by molar-refractivity contribution is -0.128. The van der Waals surface area contributed by atoms with Crippen LogP contribution in [-0.2, 0) is 17.8 Å². The second-order valence-corrected chi connectivity index (χ2v) is 11.1. The van der Waals surface area contributed by atoms with Crippen LogP contribution in [0.1, 0.15) is 18.2 Å². The fraction of sp³-hybridized carbons (Fsp3) is 0.346. The fourth-order valence-electron chi connectivity index (χ4n) is 4.42. The molecule has 5 rings (SSSR count). The zero-order chi connectivity index (χ0) is 23.5. The van der Waals surface area contributed by atoms with Crippen molar-refractivity contribution < 1.29 is 4.79 Å². The molecule has 2 aromatic carbocycles. The molecule has 6 nitrogen and oxygen atoms in total. The van der Waals surface area contributed by atoms with Crippen LogP contribution < -0.4 is 10.5 Å². The van der Waals surface area contributed by atoms with E-state index in [2.05, 4.69) is 24.0 Å². The standard InChI is InChI=1S/C26H28N4O2S2/c1-19-16-22-24(34-19)25(32)30(17-20-8-4-2-5-9-20)26(27-22)33-18-23(31)29-14-12-28(13-15-29)21-10-6-3-7-11-21/h2-11,19H,12-18H2,1H3/t19-/m0/s1. The minimum atomic E-state index is 0.00891. The molecule has 0 saturated carbocycles. The molecule has 3 aromatic rings. The first kappa shape index (κ1) is 23.1. The maximum atomic E-state index is 13.3. The summed E-state index contributed by atoms with van der Waals surface area (Å²) in [5, 5.41) is 0.988. The zero-order valence-corrected chi connectivity index (χ0v) is 20.9. The summed E-state index contributed by atoms with van der Waals surface area (Å²) < 4.78 is 1.74. The highest BCUT2D eigenvalue weighted by Crippen LogP contribution is 2.34. The van der Waals surface area contributed by atoms with Gasteiger partial charge in [0.05, 0.1) is 22.9 Å². The van der Waals surface area contributed by atoms with Gasteiger partial charge >= 0.3 is 0 Å². The molecule has 0 aliphatic carbocycles. The minimum Gasteiger partial charge on any atom is -0.368 e. The van der Waals surface area contributed by atoms with Crippen LogP contribution in [0.5, 0.6) is 0 Å². The van der Waals surface area contributed by atoms with E-state index in [1.807, 2.05) is 53.4 Å². The van der Waals surface area contributed by atoms with Crippen LogP contribution in [0.15, 0.2) is 75.5 Å². The Bertz CT molecular complexity index is 1210. The lowest BCUT2D eigenvalue weighted by Crippen LogP contribution is -2.49. The molecule has 176 valence electrons. The van der Waals surface area contributed by atoms with E-state index in [1.165, 1.54) is 17.4 Å². The molecule has 0 spiro atoms. The monoisotopic (exact) mass is 492 g/mol. The third-order valence-corrected chi connectivity index (χ3v) is 8.40. The number of nitrogens with zero attached hydrogens (tertiary/aromatic N) is 4. The lowest BCUT2D eigenvalue weighted by Gasteiger charge is -2.36. The zero-order valence-electron chi connectivity index (χ0n) is 19.2. The number of benzene rings is 2. The molecule has 0 bridgehead atoms. The predicted octanol–water partition coefficient (Wildman–Crippen LogP) is 3.77. The number of amides is 1. The van der Waals surface area contributed by atoms with Crippen LogP contribution in [0.4, 0.5) is 5.69 Å². The Kier molecular flexibility index (Phi) is 6.97. The third kappa shape index (κ3) is 5.03. The van der Waals surface area contributed by atoms with E-state index < -0.39 is 0 Å². The molecular weight excluding hydrogens is 464 g/mol.